The van der Waals surface area contributed by atoms with Gasteiger partial charge in [0.15, 0.2) is 0 Å². The Hall–Kier alpha value is -1.16. The average molecular weight is 169 g/mol. The summed E-state index contributed by atoms with van der Waals surface area (Å²) in [7, 11) is 0. The van der Waals surface area contributed by atoms with E-state index in [2.05, 4.69) is 16.9 Å². The summed E-state index contributed by atoms with van der Waals surface area (Å²) in [5.74, 6) is -0.144. The molecule has 0 heterocycles. The summed E-state index contributed by atoms with van der Waals surface area (Å²) in [6.07, 6.45) is 1.63. The zero-order chi connectivity index (χ0) is 9.40. The van der Waals surface area contributed by atoms with Crippen LogP contribution in [0.15, 0.2) is 17.1 Å². The Morgan fingerprint density at radius 2 is 2.42 bits per heavy atom. The van der Waals surface area contributed by atoms with E-state index in [0.29, 0.717) is 25.2 Å². The molecule has 0 spiro atoms. The number of nitrogens with zero attached hydrogens (tertiary/aromatic N) is 1. The van der Waals surface area contributed by atoms with Gasteiger partial charge in [-0.1, -0.05) is 6.58 Å². The van der Waals surface area contributed by atoms with Gasteiger partial charge in [-0.15, -0.1) is 0 Å². The molecule has 0 rings (SSSR count). The van der Waals surface area contributed by atoms with Gasteiger partial charge in [-0.25, -0.2) is 0 Å². The SMILES string of the molecule is C=C(C)C(=O)NCC=NCCN. The van der Waals surface area contributed by atoms with Crippen LogP contribution in [-0.2, 0) is 4.79 Å². The Morgan fingerprint density at radius 1 is 1.75 bits per heavy atom. The van der Waals surface area contributed by atoms with Gasteiger partial charge in [-0.3, -0.25) is 9.79 Å². The summed E-state index contributed by atoms with van der Waals surface area (Å²) in [5.41, 5.74) is 5.71. The van der Waals surface area contributed by atoms with Crippen LogP contribution in [0.1, 0.15) is 6.92 Å². The molecule has 0 aromatic rings. The van der Waals surface area contributed by atoms with Crippen molar-refractivity contribution in [2.45, 2.75) is 6.92 Å². The van der Waals surface area contributed by atoms with Gasteiger partial charge >= 0.3 is 0 Å². The molecule has 0 aromatic heterocycles. The van der Waals surface area contributed by atoms with Gasteiger partial charge in [-0.2, -0.15) is 0 Å². The third-order valence-corrected chi connectivity index (χ3v) is 1.13. The van der Waals surface area contributed by atoms with Crippen molar-refractivity contribution in [3.05, 3.63) is 12.2 Å². The predicted molar refractivity (Wildman–Crippen MR) is 50.2 cm³/mol. The second-order valence-corrected chi connectivity index (χ2v) is 2.37. The zero-order valence-electron chi connectivity index (χ0n) is 7.34. The number of carbonyl (C=O) groups excluding carboxylic acids is 1. The van der Waals surface area contributed by atoms with Crippen molar-refractivity contribution >= 4 is 12.1 Å². The van der Waals surface area contributed by atoms with E-state index >= 15 is 0 Å². The Morgan fingerprint density at radius 3 is 2.92 bits per heavy atom. The summed E-state index contributed by atoms with van der Waals surface area (Å²) in [6.45, 7) is 6.72. The first-order chi connectivity index (χ1) is 5.68. The maximum absolute atomic E-state index is 10.9. The van der Waals surface area contributed by atoms with Gasteiger partial charge in [-0.05, 0) is 6.92 Å². The van der Waals surface area contributed by atoms with Crippen molar-refractivity contribution in [1.29, 1.82) is 0 Å². The van der Waals surface area contributed by atoms with Crippen LogP contribution in [-0.4, -0.2) is 31.8 Å². The number of hydrogen-bond donors (Lipinski definition) is 2. The predicted octanol–water partition coefficient (Wildman–Crippen LogP) is -0.292. The van der Waals surface area contributed by atoms with E-state index in [4.69, 9.17) is 5.73 Å². The first-order valence-electron chi connectivity index (χ1n) is 3.80. The lowest BCUT2D eigenvalue weighted by Gasteiger charge is -1.98. The molecule has 0 aliphatic carbocycles. The quantitative estimate of drug-likeness (QED) is 0.438. The summed E-state index contributed by atoms with van der Waals surface area (Å²) < 4.78 is 0. The fourth-order valence-corrected chi connectivity index (χ4v) is 0.520. The molecule has 0 aromatic carbocycles. The third kappa shape index (κ3) is 5.61. The molecule has 12 heavy (non-hydrogen) atoms. The third-order valence-electron chi connectivity index (χ3n) is 1.13. The van der Waals surface area contributed by atoms with Crippen molar-refractivity contribution in [3.8, 4) is 0 Å². The molecule has 0 atom stereocenters. The molecule has 0 aliphatic rings. The molecule has 0 aliphatic heterocycles. The largest absolute Gasteiger partial charge is 0.347 e. The molecule has 4 nitrogen and oxygen atoms in total. The van der Waals surface area contributed by atoms with Gasteiger partial charge in [0.1, 0.15) is 0 Å². The van der Waals surface area contributed by atoms with Crippen LogP contribution in [0.4, 0.5) is 0 Å². The van der Waals surface area contributed by atoms with Crippen molar-refractivity contribution in [2.24, 2.45) is 10.7 Å². The topological polar surface area (TPSA) is 67.5 Å². The summed E-state index contributed by atoms with van der Waals surface area (Å²) in [6, 6.07) is 0. The Labute approximate surface area is 72.6 Å². The summed E-state index contributed by atoms with van der Waals surface area (Å²) in [5, 5.41) is 2.61. The monoisotopic (exact) mass is 169 g/mol. The van der Waals surface area contributed by atoms with Crippen molar-refractivity contribution in [2.75, 3.05) is 19.6 Å². The van der Waals surface area contributed by atoms with Crippen LogP contribution in [0.2, 0.25) is 0 Å². The number of nitrogens with one attached hydrogen (secondary N) is 1. The van der Waals surface area contributed by atoms with Crippen molar-refractivity contribution < 1.29 is 4.79 Å². The van der Waals surface area contributed by atoms with E-state index in [-0.39, 0.29) is 5.91 Å². The smallest absolute Gasteiger partial charge is 0.246 e. The minimum atomic E-state index is -0.144. The Balaban J connectivity index is 3.43. The van der Waals surface area contributed by atoms with Crippen LogP contribution >= 0.6 is 0 Å². The molecule has 0 bridgehead atoms. The summed E-state index contributed by atoms with van der Waals surface area (Å²) in [4.78, 5) is 14.8. The highest BCUT2D eigenvalue weighted by atomic mass is 16.1. The zero-order valence-corrected chi connectivity index (χ0v) is 7.34. The average Bonchev–Trinajstić information content (AvgIpc) is 2.03. The standard InChI is InChI=1S/C8H15N3O/c1-7(2)8(12)11-6-5-10-4-3-9/h5H,1,3-4,6,9H2,2H3,(H,11,12). The van der Waals surface area contributed by atoms with E-state index in [1.807, 2.05) is 0 Å². The molecule has 0 saturated heterocycles. The number of hydrogen-bond acceptors (Lipinski definition) is 3. The lowest BCUT2D eigenvalue weighted by atomic mass is 10.3. The van der Waals surface area contributed by atoms with E-state index < -0.39 is 0 Å². The number of rotatable bonds is 5. The van der Waals surface area contributed by atoms with E-state index in [1.54, 1.807) is 13.1 Å². The minimum absolute atomic E-state index is 0.144. The van der Waals surface area contributed by atoms with Crippen LogP contribution in [0.5, 0.6) is 0 Å². The van der Waals surface area contributed by atoms with E-state index in [1.165, 1.54) is 0 Å². The lowest BCUT2D eigenvalue weighted by Crippen LogP contribution is -2.25. The minimum Gasteiger partial charge on any atom is -0.347 e. The van der Waals surface area contributed by atoms with Crippen molar-refractivity contribution in [3.63, 3.8) is 0 Å². The molecule has 0 saturated carbocycles. The summed E-state index contributed by atoms with van der Waals surface area (Å²) >= 11 is 0. The number of aliphatic imine (C=N–C) groups is 1. The molecule has 68 valence electrons. The number of nitrogens with two attached hydrogens (primary N) is 1. The van der Waals surface area contributed by atoms with Crippen molar-refractivity contribution in [1.82, 2.24) is 5.32 Å². The Bertz CT molecular complexity index is 187. The second kappa shape index (κ2) is 6.54. The van der Waals surface area contributed by atoms with Crippen LogP contribution in [0, 0.1) is 0 Å². The normalized spacial score (nSPS) is 10.2. The molecule has 0 unspecified atom stereocenters. The van der Waals surface area contributed by atoms with Crippen LogP contribution < -0.4 is 11.1 Å². The molecular formula is C8H15N3O. The number of carbonyl (C=O) groups is 1. The van der Waals surface area contributed by atoms with Crippen LogP contribution in [0.25, 0.3) is 0 Å². The van der Waals surface area contributed by atoms with E-state index in [9.17, 15) is 4.79 Å². The van der Waals surface area contributed by atoms with Gasteiger partial charge in [0.25, 0.3) is 0 Å². The van der Waals surface area contributed by atoms with Gasteiger partial charge < -0.3 is 11.1 Å². The first-order valence-corrected chi connectivity index (χ1v) is 3.80. The maximum Gasteiger partial charge on any atom is 0.246 e. The Kier molecular flexibility index (Phi) is 5.91. The molecule has 0 radical (unpaired) electrons. The first kappa shape index (κ1) is 10.8. The molecule has 1 amide bonds. The second-order valence-electron chi connectivity index (χ2n) is 2.37. The highest BCUT2D eigenvalue weighted by molar-refractivity contribution is 5.93. The molecule has 0 fully saturated rings. The van der Waals surface area contributed by atoms with Gasteiger partial charge in [0, 0.05) is 18.3 Å². The van der Waals surface area contributed by atoms with E-state index in [0.717, 1.165) is 0 Å². The fourth-order valence-electron chi connectivity index (χ4n) is 0.520. The highest BCUT2D eigenvalue weighted by Gasteiger charge is 1.96. The number of amides is 1. The van der Waals surface area contributed by atoms with Crippen LogP contribution in [0.3, 0.4) is 0 Å². The van der Waals surface area contributed by atoms with Gasteiger partial charge in [0.05, 0.1) is 13.1 Å². The maximum atomic E-state index is 10.9. The molecule has 4 heteroatoms. The fraction of sp³-hybridized carbons (Fsp3) is 0.500. The highest BCUT2D eigenvalue weighted by Crippen LogP contribution is 1.83. The molecule has 3 N–H and O–H groups in total. The molecular weight excluding hydrogens is 154 g/mol. The lowest BCUT2D eigenvalue weighted by molar-refractivity contribution is -0.117. The van der Waals surface area contributed by atoms with Gasteiger partial charge in [0.2, 0.25) is 5.91 Å².